The molecule has 1 aliphatic heterocycles. The summed E-state index contributed by atoms with van der Waals surface area (Å²) in [5.74, 6) is 1.82. The van der Waals surface area contributed by atoms with Gasteiger partial charge in [0.25, 0.3) is 0 Å². The molecule has 0 bridgehead atoms. The number of rotatable bonds is 7. The van der Waals surface area contributed by atoms with Gasteiger partial charge >= 0.3 is 0 Å². The zero-order valence-electron chi connectivity index (χ0n) is 11.9. The summed E-state index contributed by atoms with van der Waals surface area (Å²) in [6, 6.07) is 6.08. The lowest BCUT2D eigenvalue weighted by molar-refractivity contribution is 0.0269. The Morgan fingerprint density at radius 2 is 2.11 bits per heavy atom. The Labute approximate surface area is 115 Å². The van der Waals surface area contributed by atoms with E-state index >= 15 is 0 Å². The van der Waals surface area contributed by atoms with E-state index in [2.05, 4.69) is 25.4 Å². The van der Waals surface area contributed by atoms with Gasteiger partial charge in [0.15, 0.2) is 0 Å². The summed E-state index contributed by atoms with van der Waals surface area (Å²) in [5, 5.41) is 0. The maximum atomic E-state index is 5.97. The van der Waals surface area contributed by atoms with E-state index in [1.54, 1.807) is 7.11 Å². The summed E-state index contributed by atoms with van der Waals surface area (Å²) in [7, 11) is 1.64. The van der Waals surface area contributed by atoms with Crippen molar-refractivity contribution in [2.45, 2.75) is 45.3 Å². The average molecular weight is 265 g/mol. The van der Waals surface area contributed by atoms with Crippen molar-refractivity contribution in [2.24, 2.45) is 0 Å². The molecule has 0 spiro atoms. The molecule has 19 heavy (non-hydrogen) atoms. The van der Waals surface area contributed by atoms with E-state index in [0.717, 1.165) is 42.9 Å². The quantitative estimate of drug-likeness (QED) is 0.768. The first-order valence-electron chi connectivity index (χ1n) is 7.02. The molecule has 1 aliphatic rings. The van der Waals surface area contributed by atoms with Crippen molar-refractivity contribution in [3.05, 3.63) is 23.8 Å². The van der Waals surface area contributed by atoms with Crippen molar-refractivity contribution in [1.82, 2.24) is 5.48 Å². The summed E-state index contributed by atoms with van der Waals surface area (Å²) in [5.41, 5.74) is 4.16. The molecular formula is C15H23NO3. The summed E-state index contributed by atoms with van der Waals surface area (Å²) in [4.78, 5) is 5.11. The third-order valence-electron chi connectivity index (χ3n) is 3.26. The number of nitrogens with one attached hydrogen (secondary N) is 1. The van der Waals surface area contributed by atoms with Crippen LogP contribution in [0.25, 0.3) is 0 Å². The van der Waals surface area contributed by atoms with Gasteiger partial charge in [-0.2, -0.15) is 5.48 Å². The van der Waals surface area contributed by atoms with Gasteiger partial charge in [-0.05, 0) is 31.0 Å². The number of ether oxygens (including phenoxy) is 2. The van der Waals surface area contributed by atoms with Crippen LogP contribution in [0, 0.1) is 0 Å². The van der Waals surface area contributed by atoms with Crippen LogP contribution in [0.3, 0.4) is 0 Å². The largest absolute Gasteiger partial charge is 0.494 e. The minimum atomic E-state index is 0.0742. The lowest BCUT2D eigenvalue weighted by Crippen LogP contribution is -2.30. The second-order valence-corrected chi connectivity index (χ2v) is 4.79. The maximum Gasteiger partial charge on any atom is 0.125 e. The van der Waals surface area contributed by atoms with E-state index in [0.29, 0.717) is 0 Å². The number of benzene rings is 1. The first-order valence-corrected chi connectivity index (χ1v) is 7.02. The molecular weight excluding hydrogens is 242 g/mol. The molecule has 0 aromatic heterocycles. The molecule has 1 aromatic carbocycles. The first-order chi connectivity index (χ1) is 9.30. The van der Waals surface area contributed by atoms with Gasteiger partial charge in [-0.25, -0.2) is 0 Å². The Bertz CT molecular complexity index is 408. The van der Waals surface area contributed by atoms with Crippen molar-refractivity contribution >= 4 is 0 Å². The molecule has 1 heterocycles. The van der Waals surface area contributed by atoms with Gasteiger partial charge < -0.3 is 14.3 Å². The molecule has 0 saturated heterocycles. The van der Waals surface area contributed by atoms with E-state index in [-0.39, 0.29) is 12.1 Å². The monoisotopic (exact) mass is 265 g/mol. The average Bonchev–Trinajstić information content (AvgIpc) is 2.75. The zero-order valence-corrected chi connectivity index (χ0v) is 11.9. The van der Waals surface area contributed by atoms with E-state index in [1.807, 2.05) is 12.1 Å². The number of hydrogen-bond acceptors (Lipinski definition) is 4. The van der Waals surface area contributed by atoms with Crippen LogP contribution in [0.4, 0.5) is 0 Å². The summed E-state index contributed by atoms with van der Waals surface area (Å²) < 4.78 is 11.7. The highest BCUT2D eigenvalue weighted by Gasteiger charge is 2.34. The van der Waals surface area contributed by atoms with Crippen molar-refractivity contribution in [1.29, 1.82) is 0 Å². The van der Waals surface area contributed by atoms with Crippen LogP contribution in [0.1, 0.15) is 44.7 Å². The van der Waals surface area contributed by atoms with Gasteiger partial charge in [0, 0.05) is 5.56 Å². The molecule has 0 fully saturated rings. The minimum absolute atomic E-state index is 0.0742. The molecule has 4 nitrogen and oxygen atoms in total. The molecule has 106 valence electrons. The lowest BCUT2D eigenvalue weighted by atomic mass is 10.0. The molecule has 0 aliphatic carbocycles. The Morgan fingerprint density at radius 1 is 1.26 bits per heavy atom. The highest BCUT2D eigenvalue weighted by Crippen LogP contribution is 2.40. The van der Waals surface area contributed by atoms with Crippen molar-refractivity contribution in [2.75, 3.05) is 13.7 Å². The topological polar surface area (TPSA) is 39.7 Å². The number of hydrogen-bond donors (Lipinski definition) is 1. The summed E-state index contributed by atoms with van der Waals surface area (Å²) in [6.45, 7) is 5.00. The second kappa shape index (κ2) is 6.78. The second-order valence-electron chi connectivity index (χ2n) is 4.79. The van der Waals surface area contributed by atoms with Crippen LogP contribution >= 0.6 is 0 Å². The van der Waals surface area contributed by atoms with Gasteiger partial charge in [0.1, 0.15) is 17.6 Å². The molecule has 2 rings (SSSR count). The highest BCUT2D eigenvalue weighted by molar-refractivity contribution is 5.45. The normalized spacial score (nSPS) is 21.0. The van der Waals surface area contributed by atoms with Gasteiger partial charge in [-0.3, -0.25) is 0 Å². The highest BCUT2D eigenvalue weighted by atomic mass is 16.6. The van der Waals surface area contributed by atoms with Crippen LogP contribution in [-0.2, 0) is 4.84 Å². The minimum Gasteiger partial charge on any atom is -0.494 e. The van der Waals surface area contributed by atoms with Crippen LogP contribution in [-0.4, -0.2) is 19.8 Å². The molecule has 0 amide bonds. The van der Waals surface area contributed by atoms with Crippen LogP contribution in [0.15, 0.2) is 18.2 Å². The first kappa shape index (κ1) is 14.2. The van der Waals surface area contributed by atoms with Crippen LogP contribution in [0.5, 0.6) is 11.5 Å². The molecule has 0 saturated carbocycles. The Balaban J connectivity index is 2.18. The predicted octanol–water partition coefficient (Wildman–Crippen LogP) is 3.23. The van der Waals surface area contributed by atoms with Gasteiger partial charge in [0.2, 0.25) is 0 Å². The van der Waals surface area contributed by atoms with Gasteiger partial charge in [-0.15, -0.1) is 0 Å². The maximum absolute atomic E-state index is 5.97. The molecule has 2 unspecified atom stereocenters. The van der Waals surface area contributed by atoms with Crippen molar-refractivity contribution in [3.63, 3.8) is 0 Å². The third kappa shape index (κ3) is 3.19. The van der Waals surface area contributed by atoms with Crippen LogP contribution in [0.2, 0.25) is 0 Å². The molecule has 1 aromatic rings. The Kier molecular flexibility index (Phi) is 5.05. The molecule has 0 radical (unpaired) electrons. The summed E-state index contributed by atoms with van der Waals surface area (Å²) in [6.07, 6.45) is 3.22. The van der Waals surface area contributed by atoms with Gasteiger partial charge in [0.05, 0.1) is 19.8 Å². The Hall–Kier alpha value is -1.26. The SMILES string of the molecule is CCCOc1ccc2c(c1)C(NOC)C(CCC)O2. The van der Waals surface area contributed by atoms with E-state index in [4.69, 9.17) is 14.3 Å². The fourth-order valence-corrected chi connectivity index (χ4v) is 2.39. The zero-order chi connectivity index (χ0) is 13.7. The summed E-state index contributed by atoms with van der Waals surface area (Å²) >= 11 is 0. The Morgan fingerprint density at radius 3 is 2.79 bits per heavy atom. The molecule has 4 heteroatoms. The van der Waals surface area contributed by atoms with E-state index in [9.17, 15) is 0 Å². The van der Waals surface area contributed by atoms with Crippen LogP contribution < -0.4 is 15.0 Å². The smallest absolute Gasteiger partial charge is 0.125 e. The number of fused-ring (bicyclic) bond motifs is 1. The molecule has 2 atom stereocenters. The van der Waals surface area contributed by atoms with Crippen molar-refractivity contribution in [3.8, 4) is 11.5 Å². The standard InChI is InChI=1S/C15H23NO3/c1-4-6-14-15(16-17-3)12-10-11(18-9-5-2)7-8-13(12)19-14/h7-8,10,14-16H,4-6,9H2,1-3H3. The third-order valence-corrected chi connectivity index (χ3v) is 3.26. The van der Waals surface area contributed by atoms with Gasteiger partial charge in [-0.1, -0.05) is 20.3 Å². The van der Waals surface area contributed by atoms with E-state index < -0.39 is 0 Å². The van der Waals surface area contributed by atoms with E-state index in [1.165, 1.54) is 0 Å². The predicted molar refractivity (Wildman–Crippen MR) is 74.4 cm³/mol. The fourth-order valence-electron chi connectivity index (χ4n) is 2.39. The lowest BCUT2D eigenvalue weighted by Gasteiger charge is -2.18. The molecule has 1 N–H and O–H groups in total. The fraction of sp³-hybridized carbons (Fsp3) is 0.600. The van der Waals surface area contributed by atoms with Crippen molar-refractivity contribution < 1.29 is 14.3 Å². The number of hydroxylamine groups is 1.